The molecule has 1 nitrogen and oxygen atoms in total. The Labute approximate surface area is 170 Å². The Bertz CT molecular complexity index is 1300. The standard InChI is InChI=1S/C28H18O/c29-27-22-16-8-7-15-21(22)26-25(19-11-3-1-4-12-19)23-17-9-10-18-24(23)28(26,27)20-13-5-2-6-14-20/h1-18H. The van der Waals surface area contributed by atoms with E-state index < -0.39 is 5.41 Å². The first-order valence-corrected chi connectivity index (χ1v) is 9.93. The minimum Gasteiger partial charge on any atom is -0.292 e. The summed E-state index contributed by atoms with van der Waals surface area (Å²) in [5.74, 6) is 0.174. The first kappa shape index (κ1) is 16.3. The van der Waals surface area contributed by atoms with Gasteiger partial charge in [-0.25, -0.2) is 0 Å². The zero-order chi connectivity index (χ0) is 19.4. The van der Waals surface area contributed by atoms with Crippen molar-refractivity contribution in [2.45, 2.75) is 5.41 Å². The SMILES string of the molecule is O=C1c2ccccc2C2=C(c3ccccc3)c3ccccc3C12c1ccccc1. The Hall–Kier alpha value is -3.71. The van der Waals surface area contributed by atoms with Crippen LogP contribution in [0.4, 0.5) is 0 Å². The molecule has 0 radical (unpaired) electrons. The van der Waals surface area contributed by atoms with E-state index in [9.17, 15) is 4.79 Å². The van der Waals surface area contributed by atoms with Crippen molar-refractivity contribution in [1.29, 1.82) is 0 Å². The quantitative estimate of drug-likeness (QED) is 0.414. The van der Waals surface area contributed by atoms with E-state index in [1.165, 1.54) is 5.57 Å². The van der Waals surface area contributed by atoms with Crippen LogP contribution in [-0.2, 0) is 5.41 Å². The molecular formula is C28H18O. The molecule has 0 saturated carbocycles. The lowest BCUT2D eigenvalue weighted by molar-refractivity contribution is 0.0954. The van der Waals surface area contributed by atoms with Gasteiger partial charge in [0.05, 0.1) is 0 Å². The Kier molecular flexibility index (Phi) is 3.30. The van der Waals surface area contributed by atoms with E-state index in [2.05, 4.69) is 60.7 Å². The summed E-state index contributed by atoms with van der Waals surface area (Å²) < 4.78 is 0. The molecule has 29 heavy (non-hydrogen) atoms. The molecule has 136 valence electrons. The van der Waals surface area contributed by atoms with Crippen molar-refractivity contribution < 1.29 is 4.79 Å². The van der Waals surface area contributed by atoms with Crippen molar-refractivity contribution in [3.05, 3.63) is 143 Å². The smallest absolute Gasteiger partial charge is 0.182 e. The first-order chi connectivity index (χ1) is 14.3. The zero-order valence-corrected chi connectivity index (χ0v) is 15.8. The predicted octanol–water partition coefficient (Wildman–Crippen LogP) is 6.14. The summed E-state index contributed by atoms with van der Waals surface area (Å²) in [7, 11) is 0. The van der Waals surface area contributed by atoms with Gasteiger partial charge in [-0.1, -0.05) is 109 Å². The number of hydrogen-bond donors (Lipinski definition) is 0. The number of rotatable bonds is 2. The molecule has 0 heterocycles. The van der Waals surface area contributed by atoms with Crippen molar-refractivity contribution in [2.24, 2.45) is 0 Å². The van der Waals surface area contributed by atoms with Crippen LogP contribution in [0, 0.1) is 0 Å². The van der Waals surface area contributed by atoms with Gasteiger partial charge in [0, 0.05) is 5.56 Å². The molecule has 1 atom stereocenters. The summed E-state index contributed by atoms with van der Waals surface area (Å²) in [6.45, 7) is 0. The van der Waals surface area contributed by atoms with Crippen LogP contribution in [-0.4, -0.2) is 5.78 Å². The fraction of sp³-hybridized carbons (Fsp3) is 0.0357. The predicted molar refractivity (Wildman–Crippen MR) is 117 cm³/mol. The molecule has 1 heteroatoms. The third-order valence-corrected chi connectivity index (χ3v) is 6.28. The average molecular weight is 370 g/mol. The topological polar surface area (TPSA) is 17.1 Å². The van der Waals surface area contributed by atoms with Crippen molar-refractivity contribution >= 4 is 16.9 Å². The van der Waals surface area contributed by atoms with Gasteiger partial charge in [-0.05, 0) is 39.0 Å². The van der Waals surface area contributed by atoms with Gasteiger partial charge >= 0.3 is 0 Å². The lowest BCUT2D eigenvalue weighted by Gasteiger charge is -2.28. The zero-order valence-electron chi connectivity index (χ0n) is 15.8. The summed E-state index contributed by atoms with van der Waals surface area (Å²) >= 11 is 0. The monoisotopic (exact) mass is 370 g/mol. The third-order valence-electron chi connectivity index (χ3n) is 6.28. The van der Waals surface area contributed by atoms with Crippen LogP contribution < -0.4 is 0 Å². The summed E-state index contributed by atoms with van der Waals surface area (Å²) in [6, 6.07) is 37.2. The van der Waals surface area contributed by atoms with Gasteiger partial charge in [0.2, 0.25) is 0 Å². The molecule has 4 aromatic rings. The van der Waals surface area contributed by atoms with Gasteiger partial charge in [-0.3, -0.25) is 4.79 Å². The number of carbonyl (C=O) groups is 1. The van der Waals surface area contributed by atoms with Gasteiger partial charge in [0.25, 0.3) is 0 Å². The maximum atomic E-state index is 14.1. The highest BCUT2D eigenvalue weighted by Crippen LogP contribution is 2.61. The third kappa shape index (κ3) is 1.97. The van der Waals surface area contributed by atoms with E-state index in [0.29, 0.717) is 0 Å². The lowest BCUT2D eigenvalue weighted by atomic mass is 9.71. The molecule has 0 amide bonds. The molecule has 0 N–H and O–H groups in total. The molecule has 6 rings (SSSR count). The first-order valence-electron chi connectivity index (χ1n) is 9.93. The average Bonchev–Trinajstić information content (AvgIpc) is 3.24. The lowest BCUT2D eigenvalue weighted by Crippen LogP contribution is -2.32. The normalized spacial score (nSPS) is 19.1. The van der Waals surface area contributed by atoms with Crippen LogP contribution in [0.1, 0.15) is 38.2 Å². The Morgan fingerprint density at radius 3 is 1.79 bits per heavy atom. The van der Waals surface area contributed by atoms with Crippen molar-refractivity contribution in [1.82, 2.24) is 0 Å². The second-order valence-corrected chi connectivity index (χ2v) is 7.65. The summed E-state index contributed by atoms with van der Waals surface area (Å²) in [5.41, 5.74) is 7.80. The number of fused-ring (bicyclic) bond motifs is 5. The van der Waals surface area contributed by atoms with Crippen LogP contribution >= 0.6 is 0 Å². The molecule has 0 bridgehead atoms. The highest BCUT2D eigenvalue weighted by atomic mass is 16.1. The Balaban J connectivity index is 1.84. The van der Waals surface area contributed by atoms with Crippen molar-refractivity contribution in [3.8, 4) is 0 Å². The maximum absolute atomic E-state index is 14.1. The van der Waals surface area contributed by atoms with E-state index in [1.54, 1.807) is 0 Å². The minimum atomic E-state index is -0.785. The number of allylic oxidation sites excluding steroid dienone is 1. The number of Topliss-reactive ketones (excluding diaryl/α,β-unsaturated/α-hetero) is 1. The highest BCUT2D eigenvalue weighted by Gasteiger charge is 2.57. The van der Waals surface area contributed by atoms with Gasteiger partial charge in [-0.15, -0.1) is 0 Å². The van der Waals surface area contributed by atoms with E-state index in [-0.39, 0.29) is 5.78 Å². The van der Waals surface area contributed by atoms with Crippen LogP contribution in [0.5, 0.6) is 0 Å². The van der Waals surface area contributed by atoms with E-state index in [4.69, 9.17) is 0 Å². The van der Waals surface area contributed by atoms with Crippen molar-refractivity contribution in [2.75, 3.05) is 0 Å². The van der Waals surface area contributed by atoms with Crippen LogP contribution in [0.2, 0.25) is 0 Å². The largest absolute Gasteiger partial charge is 0.292 e. The highest BCUT2D eigenvalue weighted by molar-refractivity contribution is 6.30. The van der Waals surface area contributed by atoms with Gasteiger partial charge in [0.15, 0.2) is 5.78 Å². The molecule has 1 unspecified atom stereocenters. The molecule has 0 fully saturated rings. The molecule has 0 aliphatic heterocycles. The molecular weight excluding hydrogens is 352 g/mol. The number of benzene rings is 4. The van der Waals surface area contributed by atoms with Gasteiger partial charge in [0.1, 0.15) is 5.41 Å². The molecule has 0 spiro atoms. The van der Waals surface area contributed by atoms with Gasteiger partial charge in [-0.2, -0.15) is 0 Å². The molecule has 0 saturated heterocycles. The maximum Gasteiger partial charge on any atom is 0.182 e. The molecule has 2 aliphatic carbocycles. The van der Waals surface area contributed by atoms with E-state index >= 15 is 0 Å². The second kappa shape index (κ2) is 5.89. The summed E-state index contributed by atoms with van der Waals surface area (Å²) in [4.78, 5) is 14.1. The van der Waals surface area contributed by atoms with Crippen LogP contribution in [0.15, 0.2) is 109 Å². The number of hydrogen-bond acceptors (Lipinski definition) is 1. The minimum absolute atomic E-state index is 0.174. The fourth-order valence-corrected chi connectivity index (χ4v) is 5.18. The molecule has 4 aromatic carbocycles. The fourth-order valence-electron chi connectivity index (χ4n) is 5.18. The van der Waals surface area contributed by atoms with Gasteiger partial charge < -0.3 is 0 Å². The summed E-state index contributed by atoms with van der Waals surface area (Å²) in [5, 5.41) is 0. The Morgan fingerprint density at radius 2 is 1.07 bits per heavy atom. The van der Waals surface area contributed by atoms with Crippen LogP contribution in [0.3, 0.4) is 0 Å². The van der Waals surface area contributed by atoms with E-state index in [0.717, 1.165) is 39.0 Å². The van der Waals surface area contributed by atoms with E-state index in [1.807, 2.05) is 48.5 Å². The molecule has 0 aromatic heterocycles. The van der Waals surface area contributed by atoms with Crippen molar-refractivity contribution in [3.63, 3.8) is 0 Å². The number of carbonyl (C=O) groups excluding carboxylic acids is 1. The van der Waals surface area contributed by atoms with Crippen LogP contribution in [0.25, 0.3) is 11.1 Å². The summed E-state index contributed by atoms with van der Waals surface area (Å²) in [6.07, 6.45) is 0. The number of ketones is 1. The Morgan fingerprint density at radius 1 is 0.517 bits per heavy atom. The molecule has 2 aliphatic rings. The second-order valence-electron chi connectivity index (χ2n) is 7.65.